The molecule has 1 N–H and O–H groups in total. The minimum atomic E-state index is -2.81. The molecule has 10 nitrogen and oxygen atoms in total. The minimum absolute atomic E-state index is 0.0617. The fraction of sp³-hybridized carbons (Fsp3) is 0.692. The van der Waals surface area contributed by atoms with E-state index in [-0.39, 0.29) is 25.1 Å². The Hall–Kier alpha value is -3.27. The third kappa shape index (κ3) is 10.6. The van der Waals surface area contributed by atoms with Gasteiger partial charge in [0.05, 0.1) is 6.61 Å². The Morgan fingerprint density at radius 3 is 1.86 bits per heavy atom. The number of rotatable bonds is 22. The number of para-hydroxylation sites is 1. The van der Waals surface area contributed by atoms with E-state index in [1.807, 2.05) is 0 Å². The van der Waals surface area contributed by atoms with Gasteiger partial charge in [0.1, 0.15) is 5.41 Å². The molecule has 2 rings (SSSR count). The second-order valence-corrected chi connectivity index (χ2v) is 15.0. The summed E-state index contributed by atoms with van der Waals surface area (Å²) in [6, 6.07) is 6.13. The lowest BCUT2D eigenvalue weighted by molar-refractivity contribution is -0.172. The Labute approximate surface area is 303 Å². The first-order valence-corrected chi connectivity index (χ1v) is 18.9. The van der Waals surface area contributed by atoms with Crippen LogP contribution in [-0.4, -0.2) is 64.0 Å². The Balaban J connectivity index is 2.31. The molecule has 11 heteroatoms. The molecule has 0 saturated carbocycles. The monoisotopic (exact) mass is 718 g/mol. The lowest BCUT2D eigenvalue weighted by Gasteiger charge is -2.40. The van der Waals surface area contributed by atoms with Crippen molar-refractivity contribution in [2.45, 2.75) is 156 Å². The quantitative estimate of drug-likeness (QED) is 0.0420. The number of anilines is 1. The number of ketones is 2. The average molecular weight is 719 g/mol. The number of nitrogens with zero attached hydrogens (tertiary/aromatic N) is 1. The van der Waals surface area contributed by atoms with E-state index in [1.165, 1.54) is 66.2 Å². The lowest BCUT2D eigenvalue weighted by Crippen LogP contribution is -2.65. The summed E-state index contributed by atoms with van der Waals surface area (Å²) in [7, 11) is 0. The van der Waals surface area contributed by atoms with E-state index < -0.39 is 63.3 Å². The molecule has 1 aliphatic heterocycles. The number of ether oxygens (including phenoxy) is 2. The molecule has 0 spiro atoms. The van der Waals surface area contributed by atoms with Crippen molar-refractivity contribution >= 4 is 52.6 Å². The molecule has 3 unspecified atom stereocenters. The van der Waals surface area contributed by atoms with Crippen LogP contribution in [0, 0.1) is 10.8 Å². The van der Waals surface area contributed by atoms with Crippen LogP contribution < -0.4 is 5.32 Å². The predicted octanol–water partition coefficient (Wildman–Crippen LogP) is 7.94. The first-order chi connectivity index (χ1) is 23.6. The second kappa shape index (κ2) is 19.9. The standard InChI is InChI=1S/C39H59ClN2O8/c1-8-11-12-13-14-15-16-17-18-22-27-49-32(44)28(4)50-33(45)30-31(43)38(25-9-2,26-10-3)36(48)42(30)39(40,34(46)37(5,6)7)35(47)41-29-23-20-19-21-24-29/h19-21,23-24,28,30H,8-18,22,25-27H2,1-7H3,(H,41,47). The van der Waals surface area contributed by atoms with Gasteiger partial charge in [-0.25, -0.2) is 9.59 Å². The minimum Gasteiger partial charge on any atom is -0.463 e. The summed E-state index contributed by atoms with van der Waals surface area (Å²) in [5.41, 5.74) is -2.73. The molecule has 1 heterocycles. The van der Waals surface area contributed by atoms with Gasteiger partial charge in [0.2, 0.25) is 5.91 Å². The van der Waals surface area contributed by atoms with Gasteiger partial charge >= 0.3 is 11.9 Å². The number of carbonyl (C=O) groups is 6. The van der Waals surface area contributed by atoms with Crippen molar-refractivity contribution in [3.63, 3.8) is 0 Å². The van der Waals surface area contributed by atoms with Crippen molar-refractivity contribution in [1.82, 2.24) is 4.90 Å². The van der Waals surface area contributed by atoms with Gasteiger partial charge < -0.3 is 14.8 Å². The zero-order chi connectivity index (χ0) is 37.5. The van der Waals surface area contributed by atoms with Crippen molar-refractivity contribution in [3.05, 3.63) is 30.3 Å². The third-order valence-corrected chi connectivity index (χ3v) is 9.72. The first-order valence-electron chi connectivity index (χ1n) is 18.5. The summed E-state index contributed by atoms with van der Waals surface area (Å²) < 4.78 is 10.8. The highest BCUT2D eigenvalue weighted by molar-refractivity contribution is 6.50. The molecule has 280 valence electrons. The van der Waals surface area contributed by atoms with E-state index in [1.54, 1.807) is 44.2 Å². The van der Waals surface area contributed by atoms with Gasteiger partial charge in [-0.2, -0.15) is 0 Å². The molecule has 3 atom stereocenters. The molecule has 0 aromatic heterocycles. The van der Waals surface area contributed by atoms with E-state index in [0.29, 0.717) is 24.2 Å². The van der Waals surface area contributed by atoms with Crippen molar-refractivity contribution in [1.29, 1.82) is 0 Å². The van der Waals surface area contributed by atoms with Gasteiger partial charge in [-0.3, -0.25) is 24.1 Å². The van der Waals surface area contributed by atoms with E-state index in [0.717, 1.165) is 19.3 Å². The highest BCUT2D eigenvalue weighted by atomic mass is 35.5. The number of carbonyl (C=O) groups excluding carboxylic acids is 6. The number of likely N-dealkylation sites (tertiary alicyclic amines) is 1. The Kier molecular flexibility index (Phi) is 17.1. The molecule has 0 radical (unpaired) electrons. The summed E-state index contributed by atoms with van der Waals surface area (Å²) in [5.74, 6) is -5.79. The number of halogens is 1. The second-order valence-electron chi connectivity index (χ2n) is 14.5. The number of benzene rings is 1. The van der Waals surface area contributed by atoms with E-state index >= 15 is 0 Å². The van der Waals surface area contributed by atoms with E-state index in [2.05, 4.69) is 12.2 Å². The molecule has 2 amide bonds. The summed E-state index contributed by atoms with van der Waals surface area (Å²) in [6.07, 6.45) is 10.7. The van der Waals surface area contributed by atoms with E-state index in [4.69, 9.17) is 21.1 Å². The molecule has 1 aromatic carbocycles. The number of hydrogen-bond acceptors (Lipinski definition) is 8. The van der Waals surface area contributed by atoms with Crippen LogP contribution in [0.1, 0.15) is 138 Å². The molecule has 1 fully saturated rings. The van der Waals surface area contributed by atoms with Crippen LogP contribution in [0.15, 0.2) is 30.3 Å². The Morgan fingerprint density at radius 2 is 1.36 bits per heavy atom. The van der Waals surface area contributed by atoms with E-state index in [9.17, 15) is 28.8 Å². The van der Waals surface area contributed by atoms with Gasteiger partial charge in [-0.05, 0) is 38.3 Å². The first kappa shape index (κ1) is 42.9. The zero-order valence-electron chi connectivity index (χ0n) is 31.2. The van der Waals surface area contributed by atoms with Gasteiger partial charge in [0.15, 0.2) is 23.7 Å². The summed E-state index contributed by atoms with van der Waals surface area (Å²) in [6.45, 7) is 11.8. The topological polar surface area (TPSA) is 136 Å². The molecular weight excluding hydrogens is 660 g/mol. The number of alkyl halides is 1. The number of nitrogens with one attached hydrogen (secondary N) is 1. The normalized spacial score (nSPS) is 17.6. The Bertz CT molecular complexity index is 1300. The smallest absolute Gasteiger partial charge is 0.347 e. The SMILES string of the molecule is CCCCCCCCCCCCOC(=O)C(C)OC(=O)C1C(=O)C(CCC)(CCC)C(=O)N1C(Cl)(C(=O)Nc1ccccc1)C(=O)C(C)(C)C. The summed E-state index contributed by atoms with van der Waals surface area (Å²) in [4.78, 5) is 81.6. The molecule has 0 aliphatic carbocycles. The summed E-state index contributed by atoms with van der Waals surface area (Å²) >= 11 is 7.06. The van der Waals surface area contributed by atoms with Gasteiger partial charge in [0, 0.05) is 11.1 Å². The molecule has 1 aromatic rings. The van der Waals surface area contributed by atoms with Crippen molar-refractivity contribution in [2.75, 3.05) is 11.9 Å². The lowest BCUT2D eigenvalue weighted by atomic mass is 9.75. The third-order valence-electron chi connectivity index (χ3n) is 9.20. The van der Waals surface area contributed by atoms with Gasteiger partial charge in [-0.1, -0.05) is 142 Å². The van der Waals surface area contributed by atoms with Gasteiger partial charge in [0.25, 0.3) is 10.9 Å². The molecule has 50 heavy (non-hydrogen) atoms. The molecule has 1 aliphatic rings. The maximum atomic E-state index is 14.5. The van der Waals surface area contributed by atoms with Crippen molar-refractivity contribution in [2.24, 2.45) is 10.8 Å². The fourth-order valence-electron chi connectivity index (χ4n) is 6.52. The summed E-state index contributed by atoms with van der Waals surface area (Å²) in [5, 5.41) is 2.59. The number of Topliss-reactive ketones (excluding diaryl/α,β-unsaturated/α-hetero) is 2. The highest BCUT2D eigenvalue weighted by Gasteiger charge is 2.69. The van der Waals surface area contributed by atoms with Crippen LogP contribution in [0.25, 0.3) is 0 Å². The van der Waals surface area contributed by atoms with Crippen molar-refractivity contribution < 1.29 is 38.2 Å². The van der Waals surface area contributed by atoms with Crippen LogP contribution in [0.4, 0.5) is 5.69 Å². The maximum absolute atomic E-state index is 14.5. The highest BCUT2D eigenvalue weighted by Crippen LogP contribution is 2.47. The molecular formula is C39H59ClN2O8. The van der Waals surface area contributed by atoms with Crippen LogP contribution >= 0.6 is 11.6 Å². The van der Waals surface area contributed by atoms with Crippen LogP contribution in [-0.2, 0) is 38.2 Å². The number of hydrogen-bond donors (Lipinski definition) is 1. The molecule has 1 saturated heterocycles. The van der Waals surface area contributed by atoms with Gasteiger partial charge in [-0.15, -0.1) is 0 Å². The largest absolute Gasteiger partial charge is 0.463 e. The molecule has 0 bridgehead atoms. The number of unbranched alkanes of at least 4 members (excludes halogenated alkanes) is 9. The zero-order valence-corrected chi connectivity index (χ0v) is 32.0. The fourth-order valence-corrected chi connectivity index (χ4v) is 7.03. The van der Waals surface area contributed by atoms with Crippen LogP contribution in [0.5, 0.6) is 0 Å². The Morgan fingerprint density at radius 1 is 0.840 bits per heavy atom. The maximum Gasteiger partial charge on any atom is 0.347 e. The average Bonchev–Trinajstić information content (AvgIpc) is 3.28. The van der Waals surface area contributed by atoms with Crippen LogP contribution in [0.2, 0.25) is 0 Å². The van der Waals surface area contributed by atoms with Crippen LogP contribution in [0.3, 0.4) is 0 Å². The number of esters is 2. The van der Waals surface area contributed by atoms with Crippen molar-refractivity contribution in [3.8, 4) is 0 Å². The predicted molar refractivity (Wildman–Crippen MR) is 194 cm³/mol. The number of amides is 2.